The highest BCUT2D eigenvalue weighted by Gasteiger charge is 2.38. The monoisotopic (exact) mass is 361 g/mol. The van der Waals surface area contributed by atoms with Crippen LogP contribution in [0.4, 0.5) is 0 Å². The van der Waals surface area contributed by atoms with Gasteiger partial charge in [0.25, 0.3) is 0 Å². The number of hydrogen-bond acceptors (Lipinski definition) is 4. The lowest BCUT2D eigenvalue weighted by Crippen LogP contribution is -2.41. The number of fused-ring (bicyclic) bond motifs is 5. The molecule has 0 unspecified atom stereocenters. The van der Waals surface area contributed by atoms with Crippen LogP contribution in [0.25, 0.3) is 10.9 Å². The lowest BCUT2D eigenvalue weighted by atomic mass is 9.96. The molecule has 2 atom stereocenters. The molecule has 2 aromatic rings. The average molecular weight is 361 g/mol. The summed E-state index contributed by atoms with van der Waals surface area (Å²) < 4.78 is 28.1. The van der Waals surface area contributed by atoms with E-state index in [0.717, 1.165) is 30.3 Å². The van der Waals surface area contributed by atoms with Gasteiger partial charge in [-0.05, 0) is 56.5 Å². The molecule has 0 aliphatic carbocycles. The van der Waals surface area contributed by atoms with Gasteiger partial charge in [-0.15, -0.1) is 0 Å². The Morgan fingerprint density at radius 3 is 2.68 bits per heavy atom. The zero-order valence-corrected chi connectivity index (χ0v) is 15.3. The van der Waals surface area contributed by atoms with Crippen LogP contribution in [-0.2, 0) is 10.0 Å². The van der Waals surface area contributed by atoms with E-state index in [1.165, 1.54) is 6.07 Å². The number of nitrogens with zero attached hydrogens (tertiary/aromatic N) is 2. The van der Waals surface area contributed by atoms with Gasteiger partial charge in [-0.3, -0.25) is 4.79 Å². The van der Waals surface area contributed by atoms with Crippen molar-refractivity contribution in [2.45, 2.75) is 30.7 Å². The maximum atomic E-state index is 13.2. The zero-order valence-electron chi connectivity index (χ0n) is 14.5. The largest absolute Gasteiger partial charge is 0.322 e. The second-order valence-electron chi connectivity index (χ2n) is 7.38. The molecule has 5 rings (SSSR count). The summed E-state index contributed by atoms with van der Waals surface area (Å²) in [5, 5.41) is 0.774. The Labute approximate surface area is 147 Å². The Kier molecular flexibility index (Phi) is 3.97. The summed E-state index contributed by atoms with van der Waals surface area (Å²) in [6.45, 7) is 3.94. The van der Waals surface area contributed by atoms with E-state index in [0.29, 0.717) is 35.5 Å². The number of nitrogens with one attached hydrogen (secondary N) is 1. The topological polar surface area (TPSA) is 73.5 Å². The van der Waals surface area contributed by atoms with Gasteiger partial charge in [0.2, 0.25) is 15.6 Å². The second kappa shape index (κ2) is 5.93. The van der Waals surface area contributed by atoms with Gasteiger partial charge in [0.05, 0.1) is 4.90 Å². The molecular formula is C18H23N3O3S. The van der Waals surface area contributed by atoms with Gasteiger partial charge in [0, 0.05) is 42.6 Å². The Bertz CT molecular complexity index is 983. The fourth-order valence-corrected chi connectivity index (χ4v) is 5.76. The van der Waals surface area contributed by atoms with E-state index < -0.39 is 10.0 Å². The van der Waals surface area contributed by atoms with Gasteiger partial charge in [0.15, 0.2) is 0 Å². The number of sulfonamides is 1. The number of pyridine rings is 1. The molecule has 1 N–H and O–H groups in total. The smallest absolute Gasteiger partial charge is 0.248 e. The van der Waals surface area contributed by atoms with Gasteiger partial charge in [-0.2, -0.15) is 4.31 Å². The third-order valence-electron chi connectivity index (χ3n) is 5.61. The number of aryl methyl sites for hydroxylation is 1. The van der Waals surface area contributed by atoms with E-state index >= 15 is 0 Å². The van der Waals surface area contributed by atoms with Gasteiger partial charge in [0.1, 0.15) is 0 Å². The number of aromatic nitrogens is 1. The van der Waals surface area contributed by atoms with Crippen molar-refractivity contribution >= 4 is 20.9 Å². The van der Waals surface area contributed by atoms with Crippen LogP contribution in [0.15, 0.2) is 34.0 Å². The minimum absolute atomic E-state index is 0.173. The highest BCUT2D eigenvalue weighted by Crippen LogP contribution is 2.31. The van der Waals surface area contributed by atoms with Crippen LogP contribution in [-0.4, -0.2) is 55.3 Å². The van der Waals surface area contributed by atoms with Crippen molar-refractivity contribution < 1.29 is 8.42 Å². The summed E-state index contributed by atoms with van der Waals surface area (Å²) in [5.74, 6) is 0.400. The van der Waals surface area contributed by atoms with Crippen LogP contribution in [0.1, 0.15) is 18.4 Å². The first-order valence-electron chi connectivity index (χ1n) is 8.68. The molecule has 0 radical (unpaired) electrons. The predicted octanol–water partition coefficient (Wildman–Crippen LogP) is 1.55. The molecule has 2 bridgehead atoms. The van der Waals surface area contributed by atoms with E-state index in [1.807, 2.05) is 6.92 Å². The molecule has 4 heterocycles. The highest BCUT2D eigenvalue weighted by molar-refractivity contribution is 7.89. The number of hydrogen-bond donors (Lipinski definition) is 1. The van der Waals surface area contributed by atoms with Crippen molar-refractivity contribution in [3.63, 3.8) is 0 Å². The Morgan fingerprint density at radius 1 is 1.12 bits per heavy atom. The number of aromatic amines is 1. The van der Waals surface area contributed by atoms with Crippen LogP contribution in [0.5, 0.6) is 0 Å². The Balaban J connectivity index is 1.75. The van der Waals surface area contributed by atoms with Crippen molar-refractivity contribution in [2.24, 2.45) is 5.92 Å². The summed E-state index contributed by atoms with van der Waals surface area (Å²) in [7, 11) is -1.45. The average Bonchev–Trinajstić information content (AvgIpc) is 2.86. The van der Waals surface area contributed by atoms with Crippen molar-refractivity contribution in [1.29, 1.82) is 0 Å². The summed E-state index contributed by atoms with van der Waals surface area (Å²) in [6, 6.07) is 6.78. The van der Waals surface area contributed by atoms with Gasteiger partial charge in [-0.25, -0.2) is 8.42 Å². The van der Waals surface area contributed by atoms with E-state index in [4.69, 9.17) is 0 Å². The van der Waals surface area contributed by atoms with E-state index in [9.17, 15) is 13.2 Å². The van der Waals surface area contributed by atoms with Gasteiger partial charge in [-0.1, -0.05) is 0 Å². The predicted molar refractivity (Wildman–Crippen MR) is 97.2 cm³/mol. The van der Waals surface area contributed by atoms with Gasteiger partial charge >= 0.3 is 0 Å². The number of piperidine rings is 1. The first-order valence-corrected chi connectivity index (χ1v) is 10.1. The summed E-state index contributed by atoms with van der Waals surface area (Å²) in [5.41, 5.74) is 1.28. The molecule has 3 fully saturated rings. The molecule has 3 aliphatic rings. The Hall–Kier alpha value is -1.70. The van der Waals surface area contributed by atoms with Crippen LogP contribution in [0.3, 0.4) is 0 Å². The second-order valence-corrected chi connectivity index (χ2v) is 9.32. The third kappa shape index (κ3) is 2.90. The van der Waals surface area contributed by atoms with Crippen molar-refractivity contribution in [3.05, 3.63) is 40.2 Å². The molecule has 3 saturated heterocycles. The lowest BCUT2D eigenvalue weighted by molar-refractivity contribution is 0.168. The molecule has 6 nitrogen and oxygen atoms in total. The lowest BCUT2D eigenvalue weighted by Gasteiger charge is -2.32. The summed E-state index contributed by atoms with van der Waals surface area (Å²) in [6.07, 6.45) is 2.16. The molecule has 1 aromatic heterocycles. The molecule has 0 spiro atoms. The normalized spacial score (nSPS) is 25.4. The van der Waals surface area contributed by atoms with Crippen LogP contribution < -0.4 is 5.56 Å². The Morgan fingerprint density at radius 2 is 1.92 bits per heavy atom. The van der Waals surface area contributed by atoms with Crippen molar-refractivity contribution in [1.82, 2.24) is 14.2 Å². The van der Waals surface area contributed by atoms with E-state index in [2.05, 4.69) is 16.9 Å². The first kappa shape index (κ1) is 16.8. The molecular weight excluding hydrogens is 338 g/mol. The molecule has 25 heavy (non-hydrogen) atoms. The first-order chi connectivity index (χ1) is 11.8. The third-order valence-corrected chi connectivity index (χ3v) is 7.44. The highest BCUT2D eigenvalue weighted by atomic mass is 32.2. The number of likely N-dealkylation sites (N-methyl/N-ethyl adjacent to an activating group) is 1. The molecule has 1 aromatic carbocycles. The van der Waals surface area contributed by atoms with E-state index in [1.54, 1.807) is 22.5 Å². The number of H-pyrrole nitrogens is 1. The fourth-order valence-electron chi connectivity index (χ4n) is 4.18. The molecule has 0 amide bonds. The fraction of sp³-hybridized carbons (Fsp3) is 0.500. The summed E-state index contributed by atoms with van der Waals surface area (Å²) in [4.78, 5) is 16.9. The zero-order chi connectivity index (χ0) is 17.8. The van der Waals surface area contributed by atoms with Crippen molar-refractivity contribution in [3.8, 4) is 0 Å². The maximum absolute atomic E-state index is 13.2. The number of benzene rings is 1. The maximum Gasteiger partial charge on any atom is 0.248 e. The quantitative estimate of drug-likeness (QED) is 0.881. The van der Waals surface area contributed by atoms with Crippen LogP contribution >= 0.6 is 0 Å². The van der Waals surface area contributed by atoms with E-state index in [-0.39, 0.29) is 5.56 Å². The minimum atomic E-state index is -3.54. The molecule has 134 valence electrons. The number of rotatable bonds is 2. The van der Waals surface area contributed by atoms with Crippen LogP contribution in [0.2, 0.25) is 0 Å². The van der Waals surface area contributed by atoms with Crippen LogP contribution in [0, 0.1) is 12.8 Å². The van der Waals surface area contributed by atoms with Gasteiger partial charge < -0.3 is 9.88 Å². The SMILES string of the molecule is Cc1cc(=O)[nH]c2ccc(S(=O)(=O)N3C[C@@H]4CC[C@H](C3)N(C)C4)cc12. The minimum Gasteiger partial charge on any atom is -0.322 e. The standard InChI is InChI=1S/C18H23N3O3S/c1-12-7-18(22)19-17-6-5-15(8-16(12)17)25(23,24)21-10-13-3-4-14(11-21)20(2)9-13/h5-8,13-14H,3-4,9-11H2,1-2H3,(H,19,22)/t13-,14-/m1/s1. The van der Waals surface area contributed by atoms with Crippen molar-refractivity contribution in [2.75, 3.05) is 26.7 Å². The molecule has 0 saturated carbocycles. The molecule has 7 heteroatoms. The summed E-state index contributed by atoms with van der Waals surface area (Å²) >= 11 is 0. The molecule has 3 aliphatic heterocycles.